The molecule has 1 aromatic carbocycles. The number of nitrogens with zero attached hydrogens (tertiary/aromatic N) is 3. The average molecular weight is 323 g/mol. The summed E-state index contributed by atoms with van der Waals surface area (Å²) in [5, 5.41) is 9.02. The first-order valence-corrected chi connectivity index (χ1v) is 7.69. The molecule has 122 valence electrons. The van der Waals surface area contributed by atoms with E-state index < -0.39 is 6.10 Å². The van der Waals surface area contributed by atoms with Crippen LogP contribution in [0.2, 0.25) is 0 Å². The lowest BCUT2D eigenvalue weighted by Gasteiger charge is -2.39. The molecule has 0 aliphatic carbocycles. The molecule has 1 amide bonds. The monoisotopic (exact) mass is 323 g/mol. The van der Waals surface area contributed by atoms with E-state index in [0.29, 0.717) is 30.3 Å². The Hall–Kier alpha value is -3.07. The fraction of sp³-hybridized carbons (Fsp3) is 0.278. The summed E-state index contributed by atoms with van der Waals surface area (Å²) >= 11 is 0. The van der Waals surface area contributed by atoms with Gasteiger partial charge in [-0.15, -0.1) is 0 Å². The van der Waals surface area contributed by atoms with E-state index in [1.54, 1.807) is 30.2 Å². The standard InChI is InChI=1S/C18H17N3O3/c1-13(23-15-7-3-2-4-8-15)18(22)21-11-16(12-21)24-17-14(10-19)6-5-9-20-17/h2-9,13,16H,11-12H2,1H3. The Morgan fingerprint density at radius 1 is 1.29 bits per heavy atom. The van der Waals surface area contributed by atoms with E-state index in [4.69, 9.17) is 14.7 Å². The second-order valence-corrected chi connectivity index (χ2v) is 5.52. The van der Waals surface area contributed by atoms with Crippen molar-refractivity contribution in [1.82, 2.24) is 9.88 Å². The molecule has 1 aliphatic rings. The van der Waals surface area contributed by atoms with Crippen LogP contribution in [0.1, 0.15) is 12.5 Å². The van der Waals surface area contributed by atoms with Crippen LogP contribution in [0.3, 0.4) is 0 Å². The number of hydrogen-bond acceptors (Lipinski definition) is 5. The summed E-state index contributed by atoms with van der Waals surface area (Å²) in [5.41, 5.74) is 0.392. The van der Waals surface area contributed by atoms with Crippen LogP contribution in [0.4, 0.5) is 0 Å². The van der Waals surface area contributed by atoms with Gasteiger partial charge in [0.05, 0.1) is 13.1 Å². The van der Waals surface area contributed by atoms with Crippen LogP contribution in [0.15, 0.2) is 48.7 Å². The van der Waals surface area contributed by atoms with Gasteiger partial charge in [-0.05, 0) is 31.2 Å². The van der Waals surface area contributed by atoms with Crippen molar-refractivity contribution in [3.8, 4) is 17.7 Å². The van der Waals surface area contributed by atoms with Gasteiger partial charge in [0, 0.05) is 6.20 Å². The second-order valence-electron chi connectivity index (χ2n) is 5.52. The number of nitriles is 1. The van der Waals surface area contributed by atoms with Gasteiger partial charge in [0.1, 0.15) is 23.5 Å². The Kier molecular flexibility index (Phi) is 4.62. The molecule has 1 aliphatic heterocycles. The number of carbonyl (C=O) groups is 1. The molecule has 24 heavy (non-hydrogen) atoms. The number of likely N-dealkylation sites (tertiary alicyclic amines) is 1. The fourth-order valence-corrected chi connectivity index (χ4v) is 2.43. The molecular weight excluding hydrogens is 306 g/mol. The molecule has 0 N–H and O–H groups in total. The highest BCUT2D eigenvalue weighted by atomic mass is 16.5. The molecular formula is C18H17N3O3. The quantitative estimate of drug-likeness (QED) is 0.841. The second kappa shape index (κ2) is 7.01. The van der Waals surface area contributed by atoms with Crippen molar-refractivity contribution in [1.29, 1.82) is 5.26 Å². The lowest BCUT2D eigenvalue weighted by atomic mass is 10.1. The topological polar surface area (TPSA) is 75.4 Å². The van der Waals surface area contributed by atoms with Gasteiger partial charge in [-0.2, -0.15) is 5.26 Å². The Bertz CT molecular complexity index is 752. The van der Waals surface area contributed by atoms with Crippen LogP contribution < -0.4 is 9.47 Å². The number of pyridine rings is 1. The van der Waals surface area contributed by atoms with Crippen molar-refractivity contribution in [2.75, 3.05) is 13.1 Å². The molecule has 2 heterocycles. The number of amides is 1. The van der Waals surface area contributed by atoms with Crippen molar-refractivity contribution in [3.05, 3.63) is 54.2 Å². The van der Waals surface area contributed by atoms with Crippen LogP contribution in [0.5, 0.6) is 11.6 Å². The van der Waals surface area contributed by atoms with E-state index in [0.717, 1.165) is 0 Å². The molecule has 1 atom stereocenters. The first-order chi connectivity index (χ1) is 11.7. The summed E-state index contributed by atoms with van der Waals surface area (Å²) in [6.07, 6.45) is 0.866. The minimum absolute atomic E-state index is 0.0831. The van der Waals surface area contributed by atoms with Crippen molar-refractivity contribution < 1.29 is 14.3 Å². The van der Waals surface area contributed by atoms with E-state index >= 15 is 0 Å². The Balaban J connectivity index is 1.51. The minimum Gasteiger partial charge on any atom is -0.481 e. The number of benzene rings is 1. The van der Waals surface area contributed by atoms with E-state index in [1.165, 1.54) is 0 Å². The minimum atomic E-state index is -0.558. The van der Waals surface area contributed by atoms with Gasteiger partial charge in [-0.25, -0.2) is 4.98 Å². The van der Waals surface area contributed by atoms with E-state index in [9.17, 15) is 4.79 Å². The Morgan fingerprint density at radius 2 is 2.04 bits per heavy atom. The number of rotatable bonds is 5. The van der Waals surface area contributed by atoms with Crippen molar-refractivity contribution in [2.24, 2.45) is 0 Å². The van der Waals surface area contributed by atoms with Crippen LogP contribution in [0.25, 0.3) is 0 Å². The molecule has 0 radical (unpaired) electrons. The Labute approximate surface area is 140 Å². The predicted molar refractivity (Wildman–Crippen MR) is 86.5 cm³/mol. The molecule has 6 heteroatoms. The van der Waals surface area contributed by atoms with Crippen molar-refractivity contribution in [3.63, 3.8) is 0 Å². The summed E-state index contributed by atoms with van der Waals surface area (Å²) in [4.78, 5) is 18.1. The molecule has 0 saturated carbocycles. The highest BCUT2D eigenvalue weighted by Gasteiger charge is 2.35. The van der Waals surface area contributed by atoms with Crippen LogP contribution in [-0.4, -0.2) is 41.1 Å². The zero-order valence-corrected chi connectivity index (χ0v) is 13.3. The average Bonchev–Trinajstić information content (AvgIpc) is 2.58. The SMILES string of the molecule is CC(Oc1ccccc1)C(=O)N1CC(Oc2ncccc2C#N)C1. The summed E-state index contributed by atoms with van der Waals surface area (Å²) in [7, 11) is 0. The first-order valence-electron chi connectivity index (χ1n) is 7.69. The van der Waals surface area contributed by atoms with Crippen LogP contribution in [-0.2, 0) is 4.79 Å². The largest absolute Gasteiger partial charge is 0.481 e. The maximum Gasteiger partial charge on any atom is 0.263 e. The highest BCUT2D eigenvalue weighted by molar-refractivity contribution is 5.81. The molecule has 3 rings (SSSR count). The van der Waals surface area contributed by atoms with Crippen molar-refractivity contribution in [2.45, 2.75) is 19.1 Å². The maximum absolute atomic E-state index is 12.3. The lowest BCUT2D eigenvalue weighted by molar-refractivity contribution is -0.147. The molecule has 1 fully saturated rings. The van der Waals surface area contributed by atoms with Gasteiger partial charge in [0.25, 0.3) is 5.91 Å². The molecule has 6 nitrogen and oxygen atoms in total. The van der Waals surface area contributed by atoms with E-state index in [-0.39, 0.29) is 12.0 Å². The van der Waals surface area contributed by atoms with E-state index in [2.05, 4.69) is 4.98 Å². The first kappa shape index (κ1) is 15.8. The fourth-order valence-electron chi connectivity index (χ4n) is 2.43. The normalized spacial score (nSPS) is 15.1. The third-order valence-electron chi connectivity index (χ3n) is 3.73. The van der Waals surface area contributed by atoms with Crippen LogP contribution in [0, 0.1) is 11.3 Å². The number of para-hydroxylation sites is 1. The van der Waals surface area contributed by atoms with Crippen molar-refractivity contribution >= 4 is 5.91 Å². The summed E-state index contributed by atoms with van der Waals surface area (Å²) in [5.74, 6) is 0.893. The molecule has 0 spiro atoms. The van der Waals surface area contributed by atoms with Gasteiger partial charge < -0.3 is 14.4 Å². The van der Waals surface area contributed by atoms with Gasteiger partial charge in [0.15, 0.2) is 6.10 Å². The van der Waals surface area contributed by atoms with Gasteiger partial charge in [-0.1, -0.05) is 18.2 Å². The van der Waals surface area contributed by atoms with Crippen LogP contribution >= 0.6 is 0 Å². The zero-order valence-electron chi connectivity index (χ0n) is 13.3. The third kappa shape index (κ3) is 3.46. The smallest absolute Gasteiger partial charge is 0.263 e. The van der Waals surface area contributed by atoms with Gasteiger partial charge >= 0.3 is 0 Å². The van der Waals surface area contributed by atoms with Gasteiger partial charge in [0.2, 0.25) is 5.88 Å². The number of ether oxygens (including phenoxy) is 2. The number of hydrogen-bond donors (Lipinski definition) is 0. The highest BCUT2D eigenvalue weighted by Crippen LogP contribution is 2.21. The summed E-state index contributed by atoms with van der Waals surface area (Å²) in [6.45, 7) is 2.65. The molecule has 1 aromatic heterocycles. The summed E-state index contributed by atoms with van der Waals surface area (Å²) in [6, 6.07) is 14.6. The summed E-state index contributed by atoms with van der Waals surface area (Å²) < 4.78 is 11.3. The van der Waals surface area contributed by atoms with Gasteiger partial charge in [-0.3, -0.25) is 4.79 Å². The lowest BCUT2D eigenvalue weighted by Crippen LogP contribution is -2.59. The molecule has 0 bridgehead atoms. The number of aromatic nitrogens is 1. The zero-order chi connectivity index (χ0) is 16.9. The Morgan fingerprint density at radius 3 is 2.75 bits per heavy atom. The molecule has 2 aromatic rings. The third-order valence-corrected chi connectivity index (χ3v) is 3.73. The van der Waals surface area contributed by atoms with E-state index in [1.807, 2.05) is 36.4 Å². The predicted octanol–water partition coefficient (Wildman–Crippen LogP) is 2.01. The molecule has 1 saturated heterocycles. The number of carbonyl (C=O) groups excluding carboxylic acids is 1. The maximum atomic E-state index is 12.3. The molecule has 1 unspecified atom stereocenters.